The molecule has 4 rings (SSSR count). The zero-order valence-corrected chi connectivity index (χ0v) is 17.3. The van der Waals surface area contributed by atoms with E-state index in [-0.39, 0.29) is 40.2 Å². The summed E-state index contributed by atoms with van der Waals surface area (Å²) in [5, 5.41) is 2.27. The van der Waals surface area contributed by atoms with Crippen LogP contribution in [0.1, 0.15) is 31.4 Å². The van der Waals surface area contributed by atoms with E-state index in [1.165, 1.54) is 29.7 Å². The van der Waals surface area contributed by atoms with Gasteiger partial charge < -0.3 is 9.32 Å². The fraction of sp³-hybridized carbons (Fsp3) is 0.150. The van der Waals surface area contributed by atoms with E-state index in [4.69, 9.17) is 27.6 Å². The number of furan rings is 1. The summed E-state index contributed by atoms with van der Waals surface area (Å²) in [6.07, 6.45) is 1.53. The molecule has 0 unspecified atom stereocenters. The molecular formula is C20H14Cl2N2O4S. The highest BCUT2D eigenvalue weighted by atomic mass is 35.5. The van der Waals surface area contributed by atoms with E-state index in [2.05, 4.69) is 0 Å². The Kier molecular flexibility index (Phi) is 5.45. The topological polar surface area (TPSA) is 70.8 Å². The Labute approximate surface area is 180 Å². The van der Waals surface area contributed by atoms with Gasteiger partial charge in [-0.2, -0.15) is 0 Å². The summed E-state index contributed by atoms with van der Waals surface area (Å²) in [7, 11) is 0. The van der Waals surface area contributed by atoms with E-state index in [0.29, 0.717) is 12.3 Å². The van der Waals surface area contributed by atoms with Crippen LogP contribution >= 0.6 is 34.5 Å². The molecule has 3 amide bonds. The van der Waals surface area contributed by atoms with Crippen molar-refractivity contribution in [1.82, 2.24) is 9.80 Å². The summed E-state index contributed by atoms with van der Waals surface area (Å²) in [6, 6.07) is 10.0. The zero-order chi connectivity index (χ0) is 20.5. The van der Waals surface area contributed by atoms with Crippen molar-refractivity contribution in [2.45, 2.75) is 13.1 Å². The second kappa shape index (κ2) is 8.02. The van der Waals surface area contributed by atoms with Crippen LogP contribution in [-0.4, -0.2) is 34.1 Å². The van der Waals surface area contributed by atoms with Crippen molar-refractivity contribution in [3.05, 3.63) is 79.9 Å². The second-order valence-electron chi connectivity index (χ2n) is 6.42. The van der Waals surface area contributed by atoms with Gasteiger partial charge in [-0.1, -0.05) is 29.3 Å². The lowest BCUT2D eigenvalue weighted by atomic mass is 10.1. The molecule has 148 valence electrons. The first-order valence-electron chi connectivity index (χ1n) is 8.62. The van der Waals surface area contributed by atoms with Crippen molar-refractivity contribution in [2.75, 3.05) is 6.54 Å². The Hall–Kier alpha value is -2.61. The highest BCUT2D eigenvalue weighted by Gasteiger charge is 2.38. The summed E-state index contributed by atoms with van der Waals surface area (Å²) in [5.41, 5.74) is 0.293. The van der Waals surface area contributed by atoms with Crippen LogP contribution < -0.4 is 0 Å². The molecule has 29 heavy (non-hydrogen) atoms. The van der Waals surface area contributed by atoms with Gasteiger partial charge in [0.05, 0.1) is 40.5 Å². The largest absolute Gasteiger partial charge is 0.467 e. The third-order valence-corrected chi connectivity index (χ3v) is 6.09. The van der Waals surface area contributed by atoms with Crippen LogP contribution in [0.5, 0.6) is 0 Å². The second-order valence-corrected chi connectivity index (χ2v) is 8.26. The molecule has 0 aliphatic carbocycles. The molecule has 6 nitrogen and oxygen atoms in total. The first-order valence-corrected chi connectivity index (χ1v) is 10.3. The lowest BCUT2D eigenvalue weighted by molar-refractivity contribution is -0.133. The number of hydrogen-bond donors (Lipinski definition) is 0. The molecule has 1 aliphatic rings. The summed E-state index contributed by atoms with van der Waals surface area (Å²) in [4.78, 5) is 41.8. The van der Waals surface area contributed by atoms with Gasteiger partial charge in [-0.05, 0) is 35.7 Å². The Balaban J connectivity index is 1.55. The van der Waals surface area contributed by atoms with Crippen LogP contribution in [0.3, 0.4) is 0 Å². The van der Waals surface area contributed by atoms with Gasteiger partial charge in [-0.3, -0.25) is 19.3 Å². The van der Waals surface area contributed by atoms with Gasteiger partial charge in [-0.25, -0.2) is 0 Å². The minimum atomic E-state index is -0.564. The zero-order valence-electron chi connectivity index (χ0n) is 14.9. The Morgan fingerprint density at radius 2 is 1.72 bits per heavy atom. The Bertz CT molecular complexity index is 1000. The van der Waals surface area contributed by atoms with Crippen molar-refractivity contribution < 1.29 is 18.8 Å². The summed E-state index contributed by atoms with van der Waals surface area (Å²) >= 11 is 13.5. The number of fused-ring (bicyclic) bond motifs is 1. The maximum Gasteiger partial charge on any atom is 0.262 e. The van der Waals surface area contributed by atoms with Gasteiger partial charge in [-0.15, -0.1) is 11.3 Å². The molecule has 9 heteroatoms. The molecular weight excluding hydrogens is 435 g/mol. The molecule has 0 saturated heterocycles. The Morgan fingerprint density at radius 1 is 1.03 bits per heavy atom. The quantitative estimate of drug-likeness (QED) is 0.521. The predicted octanol–water partition coefficient (Wildman–Crippen LogP) is 4.47. The van der Waals surface area contributed by atoms with E-state index >= 15 is 0 Å². The minimum absolute atomic E-state index is 0.146. The minimum Gasteiger partial charge on any atom is -0.467 e. The highest BCUT2D eigenvalue weighted by molar-refractivity contribution is 7.09. The van der Waals surface area contributed by atoms with E-state index in [1.54, 1.807) is 17.0 Å². The van der Waals surface area contributed by atoms with Crippen LogP contribution in [0.4, 0.5) is 0 Å². The van der Waals surface area contributed by atoms with Crippen LogP contribution in [0.15, 0.2) is 52.5 Å². The molecule has 0 atom stereocenters. The van der Waals surface area contributed by atoms with Gasteiger partial charge >= 0.3 is 0 Å². The standard InChI is InChI=1S/C20H14Cl2N2O4S/c21-16-7-14-15(8-17(16)22)20(27)24(19(14)26)11-18(25)23(9-12-3-1-5-28-12)10-13-4-2-6-29-13/h1-8H,9-11H2. The molecule has 0 bridgehead atoms. The average molecular weight is 449 g/mol. The molecule has 3 aromatic rings. The van der Waals surface area contributed by atoms with Gasteiger partial charge in [0.15, 0.2) is 0 Å². The van der Waals surface area contributed by atoms with Crippen molar-refractivity contribution >= 4 is 52.3 Å². The molecule has 0 fully saturated rings. The van der Waals surface area contributed by atoms with E-state index in [1.807, 2.05) is 17.5 Å². The number of imide groups is 1. The number of hydrogen-bond acceptors (Lipinski definition) is 5. The number of nitrogens with zero attached hydrogens (tertiary/aromatic N) is 2. The number of thiophene rings is 1. The van der Waals surface area contributed by atoms with Gasteiger partial charge in [0, 0.05) is 4.88 Å². The maximum atomic E-state index is 13.0. The number of benzene rings is 1. The predicted molar refractivity (Wildman–Crippen MR) is 109 cm³/mol. The monoisotopic (exact) mass is 448 g/mol. The summed E-state index contributed by atoms with van der Waals surface area (Å²) in [6.45, 7) is 0.191. The lowest BCUT2D eigenvalue weighted by Crippen LogP contribution is -2.42. The molecule has 1 aliphatic heterocycles. The molecule has 0 N–H and O–H groups in total. The van der Waals surface area contributed by atoms with Crippen molar-refractivity contribution in [3.63, 3.8) is 0 Å². The molecule has 0 saturated carbocycles. The Morgan fingerprint density at radius 3 is 2.28 bits per heavy atom. The van der Waals surface area contributed by atoms with Crippen molar-refractivity contribution in [3.8, 4) is 0 Å². The summed E-state index contributed by atoms with van der Waals surface area (Å²) < 4.78 is 5.36. The maximum absolute atomic E-state index is 13.0. The average Bonchev–Trinajstić information content (AvgIpc) is 3.43. The smallest absolute Gasteiger partial charge is 0.262 e. The van der Waals surface area contributed by atoms with E-state index < -0.39 is 11.8 Å². The SMILES string of the molecule is O=C(CN1C(=O)c2cc(Cl)c(Cl)cc2C1=O)N(Cc1ccco1)Cc1cccs1. The first kappa shape index (κ1) is 19.7. The van der Waals surface area contributed by atoms with Crippen molar-refractivity contribution in [2.24, 2.45) is 0 Å². The lowest BCUT2D eigenvalue weighted by Gasteiger charge is -2.23. The molecule has 1 aromatic carbocycles. The molecule has 3 heterocycles. The van der Waals surface area contributed by atoms with Crippen LogP contribution in [-0.2, 0) is 17.9 Å². The van der Waals surface area contributed by atoms with Crippen molar-refractivity contribution in [1.29, 1.82) is 0 Å². The van der Waals surface area contributed by atoms with Gasteiger partial charge in [0.2, 0.25) is 5.91 Å². The first-order chi connectivity index (χ1) is 13.9. The molecule has 2 aromatic heterocycles. The number of halogens is 2. The third kappa shape index (κ3) is 3.94. The van der Waals surface area contributed by atoms with Gasteiger partial charge in [0.25, 0.3) is 11.8 Å². The fourth-order valence-corrected chi connectivity index (χ4v) is 4.12. The molecule has 0 spiro atoms. The van der Waals surface area contributed by atoms with E-state index in [9.17, 15) is 14.4 Å². The molecule has 0 radical (unpaired) electrons. The van der Waals surface area contributed by atoms with E-state index in [0.717, 1.165) is 9.78 Å². The van der Waals surface area contributed by atoms with Crippen LogP contribution in [0, 0.1) is 0 Å². The third-order valence-electron chi connectivity index (χ3n) is 4.51. The number of rotatable bonds is 6. The van der Waals surface area contributed by atoms with Crippen LogP contribution in [0.2, 0.25) is 10.0 Å². The number of amides is 3. The fourth-order valence-electron chi connectivity index (χ4n) is 3.08. The number of carbonyl (C=O) groups excluding carboxylic acids is 3. The summed E-state index contributed by atoms with van der Waals surface area (Å²) in [5.74, 6) is -0.894. The van der Waals surface area contributed by atoms with Crippen LogP contribution in [0.25, 0.3) is 0 Å². The number of carbonyl (C=O) groups is 3. The normalized spacial score (nSPS) is 13.1. The highest BCUT2D eigenvalue weighted by Crippen LogP contribution is 2.31. The van der Waals surface area contributed by atoms with Gasteiger partial charge in [0.1, 0.15) is 12.3 Å².